The lowest BCUT2D eigenvalue weighted by Crippen LogP contribution is -1.92. The fraction of sp³-hybridized carbons (Fsp3) is 0.0645. The predicted octanol–water partition coefficient (Wildman–Crippen LogP) is 15.6. The molecule has 0 N–H and O–H groups in total. The fourth-order valence-electron chi connectivity index (χ4n) is 9.91. The van der Waals surface area contributed by atoms with Gasteiger partial charge in [-0.15, -0.1) is 0 Å². The second-order valence-electron chi connectivity index (χ2n) is 17.4. The van der Waals surface area contributed by atoms with Gasteiger partial charge in [0.1, 0.15) is 0 Å². The molecule has 0 saturated carbocycles. The molecule has 6 heterocycles. The maximum Gasteiger partial charge on any atom is 0.0571 e. The lowest BCUT2D eigenvalue weighted by atomic mass is 10.1. The standard InChI is InChI=1S/C19H15N.C18H14N2.C13H11N.C12H10N2/c1-14-11-12-19-17(13-14)16-9-5-6-10-18(16)20(19)15-7-3-2-4-8-15;1-13-7-8-17-15(11-13)16-12-19-10-9-18(16)20(17)14-5-3-2-4-6-14;1-14-12-8-4-2-6-10(12)11-7-3-5-9-13(11)14;1-14-11-5-3-2-4-9(11)10-8-13-7-6-12(10)14/h2-13H,1H3;2-12H,1H3;2-9H,1H3;2-8H,1H3. The molecule has 0 radical (unpaired) electrons. The summed E-state index contributed by atoms with van der Waals surface area (Å²) in [6.45, 7) is 4.27. The van der Waals surface area contributed by atoms with E-state index in [4.69, 9.17) is 0 Å². The van der Waals surface area contributed by atoms with Gasteiger partial charge in [0.05, 0.1) is 27.6 Å². The molecular weight excluding hydrogens is 829 g/mol. The van der Waals surface area contributed by atoms with Crippen molar-refractivity contribution in [3.8, 4) is 11.4 Å². The molecule has 8 aromatic carbocycles. The molecule has 0 atom stereocenters. The summed E-state index contributed by atoms with van der Waals surface area (Å²) in [5.41, 5.74) is 15.0. The summed E-state index contributed by atoms with van der Waals surface area (Å²) in [6.07, 6.45) is 7.57. The Morgan fingerprint density at radius 1 is 0.279 bits per heavy atom. The van der Waals surface area contributed by atoms with Gasteiger partial charge < -0.3 is 18.3 Å². The van der Waals surface area contributed by atoms with Crippen LogP contribution in [0.1, 0.15) is 11.1 Å². The minimum absolute atomic E-state index is 1.18. The zero-order valence-corrected chi connectivity index (χ0v) is 38.6. The molecule has 0 aliphatic rings. The molecular formula is C62H50N6. The van der Waals surface area contributed by atoms with Gasteiger partial charge in [-0.05, 0) is 98.8 Å². The third kappa shape index (κ3) is 7.52. The molecule has 0 saturated heterocycles. The summed E-state index contributed by atoms with van der Waals surface area (Å²) in [5, 5.41) is 10.3. The summed E-state index contributed by atoms with van der Waals surface area (Å²) in [7, 11) is 4.20. The molecule has 0 aliphatic carbocycles. The Hall–Kier alpha value is -8.74. The number of hydrogen-bond acceptors (Lipinski definition) is 2. The first-order chi connectivity index (χ1) is 33.4. The van der Waals surface area contributed by atoms with Gasteiger partial charge in [-0.2, -0.15) is 0 Å². The molecule has 6 heteroatoms. The van der Waals surface area contributed by atoms with Crippen molar-refractivity contribution < 1.29 is 0 Å². The third-order valence-electron chi connectivity index (χ3n) is 13.1. The number of fused-ring (bicyclic) bond motifs is 12. The first-order valence-corrected chi connectivity index (χ1v) is 23.1. The van der Waals surface area contributed by atoms with Crippen LogP contribution in [0.2, 0.25) is 0 Å². The smallest absolute Gasteiger partial charge is 0.0571 e. The second kappa shape index (κ2) is 17.9. The van der Waals surface area contributed by atoms with Gasteiger partial charge in [-0.1, -0.05) is 132 Å². The Morgan fingerprint density at radius 2 is 0.588 bits per heavy atom. The van der Waals surface area contributed by atoms with Crippen LogP contribution < -0.4 is 0 Å². The fourth-order valence-corrected chi connectivity index (χ4v) is 9.91. The van der Waals surface area contributed by atoms with Crippen molar-refractivity contribution in [2.45, 2.75) is 13.8 Å². The van der Waals surface area contributed by atoms with Crippen LogP contribution in [0.4, 0.5) is 0 Å². The van der Waals surface area contributed by atoms with Gasteiger partial charge in [0.2, 0.25) is 0 Å². The number of aromatic nitrogens is 6. The minimum atomic E-state index is 1.18. The SMILES string of the molecule is Cc1ccc2c(c1)c1ccccc1n2-c1ccccc1.Cc1ccc2c(c1)c1cnccc1n2-c1ccccc1.Cn1c2ccccc2c2ccccc21.Cn1c2ccccc2c2cnccc21. The van der Waals surface area contributed by atoms with E-state index in [1.165, 1.54) is 110 Å². The van der Waals surface area contributed by atoms with Crippen molar-refractivity contribution in [3.63, 3.8) is 0 Å². The second-order valence-corrected chi connectivity index (χ2v) is 17.4. The number of aryl methyl sites for hydroxylation is 4. The molecule has 0 fully saturated rings. The average Bonchev–Trinajstić information content (AvgIpc) is 4.10. The number of rotatable bonds is 2. The van der Waals surface area contributed by atoms with Gasteiger partial charge in [-0.25, -0.2) is 0 Å². The Bertz CT molecular complexity index is 3700. The number of benzene rings is 8. The zero-order valence-electron chi connectivity index (χ0n) is 38.6. The molecule has 6 nitrogen and oxygen atoms in total. The van der Waals surface area contributed by atoms with Crippen molar-refractivity contribution in [2.75, 3.05) is 0 Å². The van der Waals surface area contributed by atoms with Crippen LogP contribution in [0.5, 0.6) is 0 Å². The van der Waals surface area contributed by atoms with Crippen molar-refractivity contribution in [2.24, 2.45) is 14.1 Å². The van der Waals surface area contributed by atoms with Crippen LogP contribution in [-0.2, 0) is 14.1 Å². The highest BCUT2D eigenvalue weighted by Crippen LogP contribution is 2.34. The number of para-hydroxylation sites is 6. The molecule has 68 heavy (non-hydrogen) atoms. The van der Waals surface area contributed by atoms with Crippen LogP contribution in [0.25, 0.3) is 98.6 Å². The molecule has 0 bridgehead atoms. The molecule has 328 valence electrons. The molecule has 14 aromatic rings. The molecule has 14 rings (SSSR count). The van der Waals surface area contributed by atoms with E-state index in [-0.39, 0.29) is 0 Å². The van der Waals surface area contributed by atoms with E-state index in [0.717, 1.165) is 0 Å². The quantitative estimate of drug-likeness (QED) is 0.174. The predicted molar refractivity (Wildman–Crippen MR) is 287 cm³/mol. The Balaban J connectivity index is 0.000000101. The largest absolute Gasteiger partial charge is 0.344 e. The van der Waals surface area contributed by atoms with Crippen molar-refractivity contribution >= 4 is 87.2 Å². The lowest BCUT2D eigenvalue weighted by Gasteiger charge is -2.07. The lowest BCUT2D eigenvalue weighted by molar-refractivity contribution is 1.01. The number of pyridine rings is 2. The van der Waals surface area contributed by atoms with E-state index in [0.29, 0.717) is 0 Å². The van der Waals surface area contributed by atoms with Crippen molar-refractivity contribution in [1.29, 1.82) is 0 Å². The summed E-state index contributed by atoms with van der Waals surface area (Å²) >= 11 is 0. The molecule has 0 amide bonds. The van der Waals surface area contributed by atoms with Gasteiger partial charge in [0.15, 0.2) is 0 Å². The van der Waals surface area contributed by atoms with E-state index in [1.54, 1.807) is 0 Å². The summed E-state index contributed by atoms with van der Waals surface area (Å²) in [5.74, 6) is 0. The van der Waals surface area contributed by atoms with E-state index >= 15 is 0 Å². The summed E-state index contributed by atoms with van der Waals surface area (Å²) in [6, 6.07) is 72.5. The molecule has 0 unspecified atom stereocenters. The van der Waals surface area contributed by atoms with Gasteiger partial charge in [0.25, 0.3) is 0 Å². The first-order valence-electron chi connectivity index (χ1n) is 23.1. The minimum Gasteiger partial charge on any atom is -0.344 e. The van der Waals surface area contributed by atoms with Crippen molar-refractivity contribution in [1.82, 2.24) is 28.2 Å². The summed E-state index contributed by atoms with van der Waals surface area (Å²) < 4.78 is 9.08. The third-order valence-corrected chi connectivity index (χ3v) is 13.1. The number of nitrogens with zero attached hydrogens (tertiary/aromatic N) is 6. The van der Waals surface area contributed by atoms with E-state index in [2.05, 4.69) is 256 Å². The zero-order chi connectivity index (χ0) is 46.1. The van der Waals surface area contributed by atoms with Crippen LogP contribution in [0.3, 0.4) is 0 Å². The molecule has 0 spiro atoms. The first kappa shape index (κ1) is 41.9. The topological polar surface area (TPSA) is 45.5 Å². The van der Waals surface area contributed by atoms with Gasteiger partial charge >= 0.3 is 0 Å². The highest BCUT2D eigenvalue weighted by molar-refractivity contribution is 6.11. The van der Waals surface area contributed by atoms with Crippen LogP contribution in [-0.4, -0.2) is 28.2 Å². The summed E-state index contributed by atoms with van der Waals surface area (Å²) in [4.78, 5) is 8.45. The van der Waals surface area contributed by atoms with Crippen LogP contribution in [0.15, 0.2) is 231 Å². The van der Waals surface area contributed by atoms with Crippen molar-refractivity contribution in [3.05, 3.63) is 242 Å². The normalized spacial score (nSPS) is 11.2. The van der Waals surface area contributed by atoms with E-state index in [1.807, 2.05) is 30.9 Å². The average molecular weight is 879 g/mol. The van der Waals surface area contributed by atoms with Gasteiger partial charge in [0, 0.05) is 110 Å². The van der Waals surface area contributed by atoms with Gasteiger partial charge in [-0.3, -0.25) is 9.97 Å². The Kier molecular flexibility index (Phi) is 11.0. The van der Waals surface area contributed by atoms with E-state index < -0.39 is 0 Å². The van der Waals surface area contributed by atoms with Crippen LogP contribution in [0, 0.1) is 13.8 Å². The highest BCUT2D eigenvalue weighted by Gasteiger charge is 2.13. The Morgan fingerprint density at radius 3 is 1.06 bits per heavy atom. The maximum atomic E-state index is 4.29. The van der Waals surface area contributed by atoms with E-state index in [9.17, 15) is 0 Å². The highest BCUT2D eigenvalue weighted by atomic mass is 15.0. The monoisotopic (exact) mass is 878 g/mol. The maximum absolute atomic E-state index is 4.29. The molecule has 6 aromatic heterocycles. The van der Waals surface area contributed by atoms with Crippen LogP contribution >= 0.6 is 0 Å². The number of hydrogen-bond donors (Lipinski definition) is 0. The molecule has 0 aliphatic heterocycles. The Labute approximate surface area is 395 Å².